The van der Waals surface area contributed by atoms with E-state index >= 15 is 0 Å². The van der Waals surface area contributed by atoms with Gasteiger partial charge < -0.3 is 10.1 Å². The molecule has 0 unspecified atom stereocenters. The largest absolute Gasteiger partial charge is 0.373 e. The first kappa shape index (κ1) is 20.2. The van der Waals surface area contributed by atoms with Crippen LogP contribution in [0.1, 0.15) is 35.3 Å². The Balaban J connectivity index is 1.29. The van der Waals surface area contributed by atoms with Crippen LogP contribution in [0.4, 0.5) is 0 Å². The fourth-order valence-corrected chi connectivity index (χ4v) is 3.70. The van der Waals surface area contributed by atoms with Crippen molar-refractivity contribution >= 4 is 5.91 Å². The van der Waals surface area contributed by atoms with Gasteiger partial charge in [0.15, 0.2) is 5.82 Å². The summed E-state index contributed by atoms with van der Waals surface area (Å²) in [5.41, 5.74) is 2.76. The van der Waals surface area contributed by atoms with E-state index in [4.69, 9.17) is 4.74 Å². The summed E-state index contributed by atoms with van der Waals surface area (Å²) in [7, 11) is 0. The Hall–Kier alpha value is -3.10. The molecule has 30 heavy (non-hydrogen) atoms. The highest BCUT2D eigenvalue weighted by atomic mass is 16.5. The number of pyridine rings is 1. The van der Waals surface area contributed by atoms with E-state index < -0.39 is 0 Å². The van der Waals surface area contributed by atoms with Gasteiger partial charge in [0.05, 0.1) is 12.2 Å². The third-order valence-electron chi connectivity index (χ3n) is 5.03. The van der Waals surface area contributed by atoms with Gasteiger partial charge in [0.1, 0.15) is 12.7 Å². The number of carbonyl (C=O) groups is 1. The molecule has 1 fully saturated rings. The average molecular weight is 406 g/mol. The Morgan fingerprint density at radius 3 is 2.47 bits per heavy atom. The summed E-state index contributed by atoms with van der Waals surface area (Å²) >= 11 is 0. The van der Waals surface area contributed by atoms with Gasteiger partial charge in [-0.25, -0.2) is 14.6 Å². The second-order valence-electron chi connectivity index (χ2n) is 7.70. The molecule has 8 nitrogen and oxygen atoms in total. The summed E-state index contributed by atoms with van der Waals surface area (Å²) in [5, 5.41) is 6.99. The van der Waals surface area contributed by atoms with Crippen molar-refractivity contribution in [3.05, 3.63) is 71.9 Å². The fraction of sp³-hybridized carbons (Fsp3) is 0.364. The van der Waals surface area contributed by atoms with E-state index in [0.717, 1.165) is 25.2 Å². The number of aromatic nitrogens is 4. The molecule has 1 amide bonds. The molecule has 0 aliphatic carbocycles. The van der Waals surface area contributed by atoms with Crippen molar-refractivity contribution in [2.75, 3.05) is 13.1 Å². The van der Waals surface area contributed by atoms with Crippen LogP contribution in [-0.4, -0.2) is 55.9 Å². The van der Waals surface area contributed by atoms with Gasteiger partial charge in [-0.15, -0.1) is 0 Å². The average Bonchev–Trinajstić information content (AvgIpc) is 3.27. The summed E-state index contributed by atoms with van der Waals surface area (Å²) in [6.45, 7) is 7.34. The summed E-state index contributed by atoms with van der Waals surface area (Å²) in [4.78, 5) is 23.1. The van der Waals surface area contributed by atoms with Crippen molar-refractivity contribution < 1.29 is 9.53 Å². The zero-order chi connectivity index (χ0) is 20.9. The van der Waals surface area contributed by atoms with Gasteiger partial charge in [-0.05, 0) is 43.2 Å². The van der Waals surface area contributed by atoms with E-state index in [1.54, 1.807) is 17.2 Å². The highest BCUT2D eigenvalue weighted by molar-refractivity contribution is 5.94. The van der Waals surface area contributed by atoms with Crippen molar-refractivity contribution in [2.45, 2.75) is 39.1 Å². The van der Waals surface area contributed by atoms with E-state index in [-0.39, 0.29) is 18.1 Å². The van der Waals surface area contributed by atoms with E-state index in [1.807, 2.05) is 36.4 Å². The topological polar surface area (TPSA) is 85.2 Å². The van der Waals surface area contributed by atoms with Crippen LogP contribution in [0.2, 0.25) is 0 Å². The molecule has 1 aromatic carbocycles. The number of hydrogen-bond donors (Lipinski definition) is 1. The van der Waals surface area contributed by atoms with Crippen LogP contribution in [0.25, 0.3) is 5.82 Å². The lowest BCUT2D eigenvalue weighted by atomic mass is 10.1. The Labute approximate surface area is 175 Å². The molecular formula is C22H26N6O2. The van der Waals surface area contributed by atoms with Gasteiger partial charge in [0.25, 0.3) is 5.91 Å². The smallest absolute Gasteiger partial charge is 0.251 e. The first-order valence-corrected chi connectivity index (χ1v) is 10.1. The first-order valence-electron chi connectivity index (χ1n) is 10.1. The van der Waals surface area contributed by atoms with Gasteiger partial charge in [0.2, 0.25) is 0 Å². The first-order chi connectivity index (χ1) is 14.6. The maximum Gasteiger partial charge on any atom is 0.251 e. The zero-order valence-corrected chi connectivity index (χ0v) is 17.2. The molecule has 3 heterocycles. The van der Waals surface area contributed by atoms with E-state index in [9.17, 15) is 4.79 Å². The number of ether oxygens (including phenoxy) is 1. The number of nitrogens with zero attached hydrogens (tertiary/aromatic N) is 5. The molecule has 1 saturated heterocycles. The van der Waals surface area contributed by atoms with Gasteiger partial charge in [-0.2, -0.15) is 5.10 Å². The van der Waals surface area contributed by atoms with Crippen LogP contribution >= 0.6 is 0 Å². The molecule has 0 saturated carbocycles. The fourth-order valence-electron chi connectivity index (χ4n) is 3.70. The molecule has 156 valence electrons. The van der Waals surface area contributed by atoms with Crippen LogP contribution in [0.15, 0.2) is 55.2 Å². The molecule has 1 aliphatic rings. The maximum absolute atomic E-state index is 12.5. The number of nitrogens with one attached hydrogen (secondary N) is 1. The lowest BCUT2D eigenvalue weighted by Crippen LogP contribution is -2.44. The van der Waals surface area contributed by atoms with Crippen molar-refractivity contribution in [2.24, 2.45) is 0 Å². The Bertz CT molecular complexity index is 946. The normalized spacial score (nSPS) is 19.5. The number of carbonyl (C=O) groups excluding carboxylic acids is 1. The SMILES string of the molecule is C[C@@H]1CN(Cc2ccc(C(=O)NCc3ccc(-n4cncn4)nc3)cc2)C[C@H](C)O1. The summed E-state index contributed by atoms with van der Waals surface area (Å²) in [5.74, 6) is 0.581. The summed E-state index contributed by atoms with van der Waals surface area (Å²) in [6.07, 6.45) is 5.28. The van der Waals surface area contributed by atoms with Gasteiger partial charge in [-0.1, -0.05) is 18.2 Å². The lowest BCUT2D eigenvalue weighted by Gasteiger charge is -2.35. The molecule has 2 aromatic heterocycles. The lowest BCUT2D eigenvalue weighted by molar-refractivity contribution is -0.0704. The Kier molecular flexibility index (Phi) is 6.15. The molecule has 4 rings (SSSR count). The standard InChI is InChI=1S/C22H26N6O2/c1-16-11-27(12-17(2)30-16)13-18-3-6-20(7-4-18)22(29)25-10-19-5-8-21(24-9-19)28-15-23-14-26-28/h3-9,14-17H,10-13H2,1-2H3,(H,25,29)/t16-,17+. The summed E-state index contributed by atoms with van der Waals surface area (Å²) in [6, 6.07) is 11.6. The second kappa shape index (κ2) is 9.15. The third kappa shape index (κ3) is 5.08. The molecular weight excluding hydrogens is 380 g/mol. The molecule has 2 atom stereocenters. The van der Waals surface area contributed by atoms with Crippen LogP contribution in [-0.2, 0) is 17.8 Å². The molecule has 0 bridgehead atoms. The van der Waals surface area contributed by atoms with Crippen molar-refractivity contribution in [1.29, 1.82) is 0 Å². The molecule has 1 aliphatic heterocycles. The van der Waals surface area contributed by atoms with Gasteiger partial charge in [-0.3, -0.25) is 9.69 Å². The molecule has 0 spiro atoms. The van der Waals surface area contributed by atoms with Crippen molar-refractivity contribution in [3.8, 4) is 5.82 Å². The van der Waals surface area contributed by atoms with Gasteiger partial charge >= 0.3 is 0 Å². The number of benzene rings is 1. The van der Waals surface area contributed by atoms with Crippen LogP contribution < -0.4 is 5.32 Å². The minimum atomic E-state index is -0.101. The van der Waals surface area contributed by atoms with Crippen molar-refractivity contribution in [1.82, 2.24) is 30.0 Å². The number of amides is 1. The quantitative estimate of drug-likeness (QED) is 0.676. The minimum Gasteiger partial charge on any atom is -0.373 e. The predicted molar refractivity (Wildman–Crippen MR) is 112 cm³/mol. The van der Waals surface area contributed by atoms with E-state index in [2.05, 4.69) is 39.1 Å². The second-order valence-corrected chi connectivity index (χ2v) is 7.70. The third-order valence-corrected chi connectivity index (χ3v) is 5.03. The number of rotatable bonds is 6. The zero-order valence-electron chi connectivity index (χ0n) is 17.2. The molecule has 0 radical (unpaired) electrons. The molecule has 3 aromatic rings. The highest BCUT2D eigenvalue weighted by Gasteiger charge is 2.22. The Morgan fingerprint density at radius 1 is 1.10 bits per heavy atom. The monoisotopic (exact) mass is 406 g/mol. The number of hydrogen-bond acceptors (Lipinski definition) is 6. The maximum atomic E-state index is 12.5. The minimum absolute atomic E-state index is 0.101. The van der Waals surface area contributed by atoms with E-state index in [1.165, 1.54) is 11.9 Å². The van der Waals surface area contributed by atoms with Gasteiger partial charge in [0, 0.05) is 37.9 Å². The highest BCUT2D eigenvalue weighted by Crippen LogP contribution is 2.15. The molecule has 8 heteroatoms. The van der Waals surface area contributed by atoms with Crippen LogP contribution in [0.3, 0.4) is 0 Å². The van der Waals surface area contributed by atoms with Crippen molar-refractivity contribution in [3.63, 3.8) is 0 Å². The summed E-state index contributed by atoms with van der Waals surface area (Å²) < 4.78 is 7.37. The van der Waals surface area contributed by atoms with E-state index in [0.29, 0.717) is 17.9 Å². The Morgan fingerprint density at radius 2 is 1.83 bits per heavy atom. The number of morpholine rings is 1. The van der Waals surface area contributed by atoms with Crippen LogP contribution in [0.5, 0.6) is 0 Å². The van der Waals surface area contributed by atoms with Crippen LogP contribution in [0, 0.1) is 0 Å². The molecule has 1 N–H and O–H groups in total. The predicted octanol–water partition coefficient (Wildman–Crippen LogP) is 2.20.